The summed E-state index contributed by atoms with van der Waals surface area (Å²) in [5.74, 6) is 1.80. The molecule has 0 radical (unpaired) electrons. The number of pyridine rings is 1. The molecular formula is C15H21N3S. The molecule has 19 heavy (non-hydrogen) atoms. The van der Waals surface area contributed by atoms with Crippen LogP contribution in [0.3, 0.4) is 0 Å². The Labute approximate surface area is 120 Å². The molecule has 3 rings (SSSR count). The predicted octanol–water partition coefficient (Wildman–Crippen LogP) is 2.81. The lowest BCUT2D eigenvalue weighted by Crippen LogP contribution is -2.21. The van der Waals surface area contributed by atoms with E-state index in [0.717, 1.165) is 30.1 Å². The van der Waals surface area contributed by atoms with E-state index in [9.17, 15) is 0 Å². The van der Waals surface area contributed by atoms with Crippen LogP contribution < -0.4 is 11.1 Å². The molecular weight excluding hydrogens is 254 g/mol. The number of thiocarbonyl (C=S) groups is 1. The molecule has 1 unspecified atom stereocenters. The van der Waals surface area contributed by atoms with Gasteiger partial charge in [-0.15, -0.1) is 0 Å². The Hall–Kier alpha value is -1.16. The van der Waals surface area contributed by atoms with E-state index in [-0.39, 0.29) is 0 Å². The van der Waals surface area contributed by atoms with Gasteiger partial charge < -0.3 is 11.1 Å². The highest BCUT2D eigenvalue weighted by Gasteiger charge is 2.24. The first kappa shape index (κ1) is 12.9. The van der Waals surface area contributed by atoms with Crippen LogP contribution in [0.2, 0.25) is 0 Å². The van der Waals surface area contributed by atoms with E-state index in [1.807, 2.05) is 0 Å². The van der Waals surface area contributed by atoms with E-state index < -0.39 is 0 Å². The van der Waals surface area contributed by atoms with Gasteiger partial charge in [0.1, 0.15) is 10.8 Å². The molecule has 1 aromatic heterocycles. The molecule has 102 valence electrons. The zero-order chi connectivity index (χ0) is 13.4. The molecule has 1 saturated carbocycles. The normalized spacial score (nSPS) is 19.0. The molecule has 1 heterocycles. The van der Waals surface area contributed by atoms with Crippen LogP contribution in [-0.4, -0.2) is 16.0 Å². The fourth-order valence-electron chi connectivity index (χ4n) is 2.92. The van der Waals surface area contributed by atoms with Crippen molar-refractivity contribution in [2.24, 2.45) is 11.7 Å². The number of anilines is 1. The van der Waals surface area contributed by atoms with Gasteiger partial charge >= 0.3 is 0 Å². The molecule has 1 aromatic rings. The lowest BCUT2D eigenvalue weighted by atomic mass is 10.1. The van der Waals surface area contributed by atoms with Crippen molar-refractivity contribution in [2.75, 3.05) is 5.32 Å². The summed E-state index contributed by atoms with van der Waals surface area (Å²) in [6.07, 6.45) is 7.36. The zero-order valence-corrected chi connectivity index (χ0v) is 12.2. The van der Waals surface area contributed by atoms with E-state index in [1.165, 1.54) is 36.9 Å². The van der Waals surface area contributed by atoms with Gasteiger partial charge in [-0.2, -0.15) is 0 Å². The molecule has 4 heteroatoms. The summed E-state index contributed by atoms with van der Waals surface area (Å²) in [4.78, 5) is 5.21. The van der Waals surface area contributed by atoms with Crippen LogP contribution in [0.4, 0.5) is 5.82 Å². The molecule has 2 aliphatic rings. The predicted molar refractivity (Wildman–Crippen MR) is 82.6 cm³/mol. The van der Waals surface area contributed by atoms with Gasteiger partial charge in [0.2, 0.25) is 0 Å². The van der Waals surface area contributed by atoms with Crippen LogP contribution in [0.25, 0.3) is 0 Å². The molecule has 3 nitrogen and oxygen atoms in total. The first-order valence-corrected chi connectivity index (χ1v) is 7.63. The standard InChI is InChI=1S/C15H21N3S/c1-9(7-10-5-6-10)17-15-12(14(16)19)8-11-3-2-4-13(11)18-15/h8-10H,2-7H2,1H3,(H2,16,19)(H,17,18). The summed E-state index contributed by atoms with van der Waals surface area (Å²) in [5.41, 5.74) is 9.31. The third-order valence-electron chi connectivity index (χ3n) is 4.08. The zero-order valence-electron chi connectivity index (χ0n) is 11.4. The third kappa shape index (κ3) is 2.89. The number of hydrogen-bond acceptors (Lipinski definition) is 3. The van der Waals surface area contributed by atoms with Gasteiger partial charge in [0, 0.05) is 11.7 Å². The maximum Gasteiger partial charge on any atom is 0.136 e. The highest BCUT2D eigenvalue weighted by atomic mass is 32.1. The first-order chi connectivity index (χ1) is 9.13. The van der Waals surface area contributed by atoms with E-state index in [1.54, 1.807) is 0 Å². The molecule has 0 aromatic carbocycles. The number of nitrogens with zero attached hydrogens (tertiary/aromatic N) is 1. The number of aromatic nitrogens is 1. The fourth-order valence-corrected chi connectivity index (χ4v) is 3.07. The lowest BCUT2D eigenvalue weighted by molar-refractivity contribution is 0.639. The summed E-state index contributed by atoms with van der Waals surface area (Å²) in [5, 5.41) is 3.51. The smallest absolute Gasteiger partial charge is 0.136 e. The molecule has 0 saturated heterocycles. The second-order valence-corrected chi connectivity index (χ2v) is 6.37. The van der Waals surface area contributed by atoms with Gasteiger partial charge in [-0.1, -0.05) is 25.1 Å². The number of aryl methyl sites for hydroxylation is 2. The van der Waals surface area contributed by atoms with Crippen LogP contribution in [0.15, 0.2) is 6.07 Å². The van der Waals surface area contributed by atoms with Crippen LogP contribution in [0, 0.1) is 5.92 Å². The van der Waals surface area contributed by atoms with Crippen molar-refractivity contribution < 1.29 is 0 Å². The monoisotopic (exact) mass is 275 g/mol. The van der Waals surface area contributed by atoms with Gasteiger partial charge in [0.15, 0.2) is 0 Å². The van der Waals surface area contributed by atoms with Crippen molar-refractivity contribution in [2.45, 2.75) is 51.5 Å². The van der Waals surface area contributed by atoms with Gasteiger partial charge in [0.25, 0.3) is 0 Å². The molecule has 1 atom stereocenters. The van der Waals surface area contributed by atoms with Crippen molar-refractivity contribution in [1.82, 2.24) is 4.98 Å². The molecule has 2 aliphatic carbocycles. The summed E-state index contributed by atoms with van der Waals surface area (Å²) >= 11 is 5.17. The van der Waals surface area contributed by atoms with E-state index in [0.29, 0.717) is 11.0 Å². The highest BCUT2D eigenvalue weighted by molar-refractivity contribution is 7.80. The fraction of sp³-hybridized carbons (Fsp3) is 0.600. The van der Waals surface area contributed by atoms with Crippen molar-refractivity contribution >= 4 is 23.0 Å². The number of hydrogen-bond donors (Lipinski definition) is 2. The van der Waals surface area contributed by atoms with E-state index >= 15 is 0 Å². The number of nitrogens with one attached hydrogen (secondary N) is 1. The maximum atomic E-state index is 5.85. The Bertz CT molecular complexity index is 508. The van der Waals surface area contributed by atoms with Crippen LogP contribution >= 0.6 is 12.2 Å². The SMILES string of the molecule is CC(CC1CC1)Nc1nc2c(cc1C(N)=S)CCC2. The molecule has 3 N–H and O–H groups in total. The molecule has 0 amide bonds. The number of nitrogens with two attached hydrogens (primary N) is 1. The average Bonchev–Trinajstić information content (AvgIpc) is 3.04. The minimum absolute atomic E-state index is 0.438. The minimum Gasteiger partial charge on any atom is -0.389 e. The van der Waals surface area contributed by atoms with Gasteiger partial charge in [-0.3, -0.25) is 0 Å². The Morgan fingerprint density at radius 3 is 3.00 bits per heavy atom. The summed E-state index contributed by atoms with van der Waals surface area (Å²) in [6, 6.07) is 2.58. The van der Waals surface area contributed by atoms with Gasteiger partial charge in [0.05, 0.1) is 5.56 Å². The summed E-state index contributed by atoms with van der Waals surface area (Å²) < 4.78 is 0. The molecule has 0 aliphatic heterocycles. The van der Waals surface area contributed by atoms with E-state index in [4.69, 9.17) is 22.9 Å². The van der Waals surface area contributed by atoms with Crippen molar-refractivity contribution in [3.63, 3.8) is 0 Å². The van der Waals surface area contributed by atoms with Crippen LogP contribution in [0.5, 0.6) is 0 Å². The van der Waals surface area contributed by atoms with Crippen molar-refractivity contribution in [3.05, 3.63) is 22.9 Å². The Balaban J connectivity index is 1.83. The van der Waals surface area contributed by atoms with Crippen LogP contribution in [-0.2, 0) is 12.8 Å². The second-order valence-electron chi connectivity index (χ2n) is 5.93. The van der Waals surface area contributed by atoms with Crippen molar-refractivity contribution in [1.29, 1.82) is 0 Å². The molecule has 1 fully saturated rings. The number of fused-ring (bicyclic) bond motifs is 1. The van der Waals surface area contributed by atoms with Crippen molar-refractivity contribution in [3.8, 4) is 0 Å². The summed E-state index contributed by atoms with van der Waals surface area (Å²) in [6.45, 7) is 2.22. The number of rotatable bonds is 5. The maximum absolute atomic E-state index is 5.85. The Morgan fingerprint density at radius 1 is 1.53 bits per heavy atom. The second kappa shape index (κ2) is 5.08. The summed E-state index contributed by atoms with van der Waals surface area (Å²) in [7, 11) is 0. The third-order valence-corrected chi connectivity index (χ3v) is 4.30. The topological polar surface area (TPSA) is 50.9 Å². The Morgan fingerprint density at radius 2 is 2.32 bits per heavy atom. The Kier molecular flexibility index (Phi) is 3.44. The van der Waals surface area contributed by atoms with Gasteiger partial charge in [-0.25, -0.2) is 4.98 Å². The van der Waals surface area contributed by atoms with E-state index in [2.05, 4.69) is 18.3 Å². The van der Waals surface area contributed by atoms with Gasteiger partial charge in [-0.05, 0) is 50.2 Å². The largest absolute Gasteiger partial charge is 0.389 e. The quantitative estimate of drug-likeness (QED) is 0.811. The minimum atomic E-state index is 0.438. The molecule has 0 spiro atoms. The lowest BCUT2D eigenvalue weighted by Gasteiger charge is -2.18. The first-order valence-electron chi connectivity index (χ1n) is 7.22. The molecule has 0 bridgehead atoms. The highest BCUT2D eigenvalue weighted by Crippen LogP contribution is 2.34. The van der Waals surface area contributed by atoms with Crippen LogP contribution in [0.1, 0.15) is 49.4 Å². The average molecular weight is 275 g/mol.